The summed E-state index contributed by atoms with van der Waals surface area (Å²) in [6.45, 7) is 3.67. The van der Waals surface area contributed by atoms with Gasteiger partial charge in [-0.05, 0) is 61.3 Å². The molecule has 0 aliphatic carbocycles. The summed E-state index contributed by atoms with van der Waals surface area (Å²) in [6, 6.07) is 14.9. The van der Waals surface area contributed by atoms with Crippen molar-refractivity contribution in [2.24, 2.45) is 11.5 Å². The molecule has 0 bridgehead atoms. The van der Waals surface area contributed by atoms with Crippen molar-refractivity contribution in [2.75, 3.05) is 13.1 Å². The molecule has 0 aliphatic rings. The molecule has 0 heterocycles. The van der Waals surface area contributed by atoms with Crippen LogP contribution in [0.5, 0.6) is 0 Å². The number of unbranched alkanes of at least 4 members (excludes halogenated alkanes) is 6. The largest absolute Gasteiger partial charge is 0.366 e. The van der Waals surface area contributed by atoms with Gasteiger partial charge in [-0.3, -0.25) is 9.59 Å². The molecule has 0 saturated heterocycles. The van der Waals surface area contributed by atoms with Crippen molar-refractivity contribution in [3.63, 3.8) is 0 Å². The lowest BCUT2D eigenvalue weighted by Gasteiger charge is -2.07. The normalized spacial score (nSPS) is 10.8. The second kappa shape index (κ2) is 14.3. The lowest BCUT2D eigenvalue weighted by Crippen LogP contribution is -2.15. The zero-order valence-electron chi connectivity index (χ0n) is 18.4. The van der Waals surface area contributed by atoms with Gasteiger partial charge in [-0.1, -0.05) is 56.4 Å². The van der Waals surface area contributed by atoms with E-state index in [2.05, 4.69) is 10.6 Å². The molecule has 0 unspecified atom stereocenters. The van der Waals surface area contributed by atoms with Crippen molar-refractivity contribution < 1.29 is 9.59 Å². The molecule has 0 saturated carbocycles. The Bertz CT molecular complexity index is 721. The van der Waals surface area contributed by atoms with E-state index < -0.39 is 0 Å². The Morgan fingerprint density at radius 3 is 1.19 bits per heavy atom. The number of nitrogens with two attached hydrogens (primary N) is 2. The summed E-state index contributed by atoms with van der Waals surface area (Å²) in [6.07, 6.45) is 8.76. The summed E-state index contributed by atoms with van der Waals surface area (Å²) < 4.78 is 0. The average molecular weight is 425 g/mol. The third kappa shape index (κ3) is 10.2. The van der Waals surface area contributed by atoms with E-state index in [0.29, 0.717) is 11.1 Å². The van der Waals surface area contributed by atoms with Gasteiger partial charge in [0.05, 0.1) is 0 Å². The van der Waals surface area contributed by atoms with Crippen molar-refractivity contribution in [3.8, 4) is 0 Å². The van der Waals surface area contributed by atoms with Crippen LogP contribution in [0.2, 0.25) is 0 Å². The first-order valence-corrected chi connectivity index (χ1v) is 11.2. The topological polar surface area (TPSA) is 110 Å². The molecule has 0 spiro atoms. The maximum atomic E-state index is 11.1. The van der Waals surface area contributed by atoms with E-state index >= 15 is 0 Å². The van der Waals surface area contributed by atoms with Crippen LogP contribution in [-0.4, -0.2) is 24.9 Å². The number of benzene rings is 2. The number of hydrogen-bond donors (Lipinski definition) is 4. The average Bonchev–Trinajstić information content (AvgIpc) is 2.77. The highest BCUT2D eigenvalue weighted by atomic mass is 16.1. The van der Waals surface area contributed by atoms with E-state index in [1.165, 1.54) is 56.1 Å². The predicted octanol–water partition coefficient (Wildman–Crippen LogP) is 3.49. The van der Waals surface area contributed by atoms with Crippen molar-refractivity contribution in [1.82, 2.24) is 10.6 Å². The molecule has 2 aromatic rings. The molecular formula is C25H36N4O2. The first-order chi connectivity index (χ1) is 15.1. The Morgan fingerprint density at radius 2 is 0.871 bits per heavy atom. The summed E-state index contributed by atoms with van der Waals surface area (Å²) in [7, 11) is 0. The predicted molar refractivity (Wildman–Crippen MR) is 126 cm³/mol. The zero-order valence-corrected chi connectivity index (χ0v) is 18.4. The Hall–Kier alpha value is -2.70. The van der Waals surface area contributed by atoms with Gasteiger partial charge in [-0.2, -0.15) is 0 Å². The molecule has 6 heteroatoms. The number of rotatable bonds is 16. The number of primary amides is 2. The van der Waals surface area contributed by atoms with Crippen molar-refractivity contribution in [1.29, 1.82) is 0 Å². The van der Waals surface area contributed by atoms with E-state index in [-0.39, 0.29) is 11.8 Å². The van der Waals surface area contributed by atoms with Gasteiger partial charge in [0.2, 0.25) is 11.8 Å². The SMILES string of the molecule is NC(=O)c1ccc(CNCCCCCCCCCNCc2ccc(C(N)=O)cc2)cc1. The summed E-state index contributed by atoms with van der Waals surface area (Å²) in [5, 5.41) is 6.90. The van der Waals surface area contributed by atoms with Gasteiger partial charge < -0.3 is 22.1 Å². The maximum absolute atomic E-state index is 11.1. The molecule has 0 aliphatic heterocycles. The minimum absolute atomic E-state index is 0.385. The van der Waals surface area contributed by atoms with Crippen LogP contribution in [-0.2, 0) is 13.1 Å². The lowest BCUT2D eigenvalue weighted by atomic mass is 10.1. The van der Waals surface area contributed by atoms with Gasteiger partial charge in [0.25, 0.3) is 0 Å². The first kappa shape index (κ1) is 24.6. The molecule has 0 fully saturated rings. The minimum atomic E-state index is -0.385. The van der Waals surface area contributed by atoms with Crippen LogP contribution >= 0.6 is 0 Å². The summed E-state index contributed by atoms with van der Waals surface area (Å²) in [5.41, 5.74) is 13.9. The lowest BCUT2D eigenvalue weighted by molar-refractivity contribution is 0.0992. The Morgan fingerprint density at radius 1 is 0.548 bits per heavy atom. The molecule has 6 N–H and O–H groups in total. The van der Waals surface area contributed by atoms with Gasteiger partial charge in [0.15, 0.2) is 0 Å². The summed E-state index contributed by atoms with van der Waals surface area (Å²) >= 11 is 0. The fourth-order valence-corrected chi connectivity index (χ4v) is 3.42. The molecule has 6 nitrogen and oxygen atoms in total. The number of carbonyl (C=O) groups is 2. The number of carbonyl (C=O) groups excluding carboxylic acids is 2. The van der Waals surface area contributed by atoms with E-state index in [9.17, 15) is 9.59 Å². The van der Waals surface area contributed by atoms with Gasteiger partial charge in [-0.25, -0.2) is 0 Å². The monoisotopic (exact) mass is 424 g/mol. The molecule has 2 amide bonds. The van der Waals surface area contributed by atoms with Crippen molar-refractivity contribution in [3.05, 3.63) is 70.8 Å². The van der Waals surface area contributed by atoms with E-state index in [4.69, 9.17) is 11.5 Å². The highest BCUT2D eigenvalue weighted by molar-refractivity contribution is 5.93. The number of amides is 2. The molecular weight excluding hydrogens is 388 g/mol. The van der Waals surface area contributed by atoms with Gasteiger partial charge in [0.1, 0.15) is 0 Å². The highest BCUT2D eigenvalue weighted by Gasteiger charge is 2.00. The second-order valence-electron chi connectivity index (χ2n) is 7.95. The van der Waals surface area contributed by atoms with Gasteiger partial charge >= 0.3 is 0 Å². The molecule has 2 aromatic carbocycles. The third-order valence-electron chi connectivity index (χ3n) is 5.34. The maximum Gasteiger partial charge on any atom is 0.248 e. The first-order valence-electron chi connectivity index (χ1n) is 11.2. The van der Waals surface area contributed by atoms with Crippen LogP contribution in [0.25, 0.3) is 0 Å². The van der Waals surface area contributed by atoms with Crippen LogP contribution in [0.1, 0.15) is 76.8 Å². The van der Waals surface area contributed by atoms with Crippen LogP contribution in [0, 0.1) is 0 Å². The van der Waals surface area contributed by atoms with E-state index in [0.717, 1.165) is 26.2 Å². The summed E-state index contributed by atoms with van der Waals surface area (Å²) in [5.74, 6) is -0.770. The third-order valence-corrected chi connectivity index (χ3v) is 5.34. The Balaban J connectivity index is 1.37. The van der Waals surface area contributed by atoms with Crippen LogP contribution in [0.4, 0.5) is 0 Å². The number of hydrogen-bond acceptors (Lipinski definition) is 4. The quantitative estimate of drug-likeness (QED) is 0.309. The van der Waals surface area contributed by atoms with Gasteiger partial charge in [0, 0.05) is 24.2 Å². The minimum Gasteiger partial charge on any atom is -0.366 e. The smallest absolute Gasteiger partial charge is 0.248 e. The van der Waals surface area contributed by atoms with E-state index in [1.54, 1.807) is 24.3 Å². The Kier molecular flexibility index (Phi) is 11.4. The highest BCUT2D eigenvalue weighted by Crippen LogP contribution is 2.08. The molecule has 0 atom stereocenters. The van der Waals surface area contributed by atoms with Crippen molar-refractivity contribution >= 4 is 11.8 Å². The second-order valence-corrected chi connectivity index (χ2v) is 7.95. The van der Waals surface area contributed by atoms with Gasteiger partial charge in [-0.15, -0.1) is 0 Å². The van der Waals surface area contributed by atoms with Crippen LogP contribution in [0.3, 0.4) is 0 Å². The summed E-state index contributed by atoms with van der Waals surface area (Å²) in [4.78, 5) is 22.1. The molecule has 0 radical (unpaired) electrons. The van der Waals surface area contributed by atoms with Crippen LogP contribution < -0.4 is 22.1 Å². The molecule has 31 heavy (non-hydrogen) atoms. The molecule has 0 aromatic heterocycles. The van der Waals surface area contributed by atoms with E-state index in [1.807, 2.05) is 24.3 Å². The zero-order chi connectivity index (χ0) is 22.3. The molecule has 2 rings (SSSR count). The fourth-order valence-electron chi connectivity index (χ4n) is 3.42. The Labute approximate surface area is 185 Å². The number of nitrogens with one attached hydrogen (secondary N) is 2. The van der Waals surface area contributed by atoms with Crippen LogP contribution in [0.15, 0.2) is 48.5 Å². The standard InChI is InChI=1S/C25H36N4O2/c26-24(30)22-12-8-20(9-13-22)18-28-16-6-4-2-1-3-5-7-17-29-19-21-10-14-23(15-11-21)25(27)31/h8-15,28-29H,1-7,16-19H2,(H2,26,30)(H2,27,31). The fraction of sp³-hybridized carbons (Fsp3) is 0.440. The van der Waals surface area contributed by atoms with Crippen molar-refractivity contribution in [2.45, 2.75) is 58.0 Å². The molecule has 168 valence electrons.